The average molecular weight is 449 g/mol. The molecule has 0 unspecified atom stereocenters. The van der Waals surface area contributed by atoms with E-state index in [2.05, 4.69) is 10.3 Å². The van der Waals surface area contributed by atoms with Crippen molar-refractivity contribution in [2.24, 2.45) is 7.05 Å². The number of carbonyl (C=O) groups is 1. The Labute approximate surface area is 186 Å². The minimum Gasteiger partial charge on any atom is -0.484 e. The van der Waals surface area contributed by atoms with Gasteiger partial charge in [-0.3, -0.25) is 9.59 Å². The summed E-state index contributed by atoms with van der Waals surface area (Å²) in [5.74, 6) is 0.625. The topological polar surface area (TPSA) is 85.7 Å². The number of aromatic nitrogens is 2. The highest BCUT2D eigenvalue weighted by atomic mass is 35.5. The van der Waals surface area contributed by atoms with E-state index in [1.807, 2.05) is 19.9 Å². The van der Waals surface area contributed by atoms with Gasteiger partial charge >= 0.3 is 0 Å². The molecule has 9 heteroatoms. The third-order valence-electron chi connectivity index (χ3n) is 6.40. The maximum absolute atomic E-state index is 13.6. The first-order valence-corrected chi connectivity index (χ1v) is 11.1. The summed E-state index contributed by atoms with van der Waals surface area (Å²) in [5, 5.41) is 4.18. The van der Waals surface area contributed by atoms with Crippen LogP contribution >= 0.6 is 11.6 Å². The van der Waals surface area contributed by atoms with Crippen molar-refractivity contribution in [1.29, 1.82) is 0 Å². The predicted octanol–water partition coefficient (Wildman–Crippen LogP) is 2.12. The molecule has 8 nitrogen and oxygen atoms in total. The lowest BCUT2D eigenvalue weighted by atomic mass is 9.84. The molecule has 2 aliphatic heterocycles. The zero-order valence-corrected chi connectivity index (χ0v) is 19.2. The number of piperidine rings is 1. The summed E-state index contributed by atoms with van der Waals surface area (Å²) in [6.45, 7) is 8.38. The number of fused-ring (bicyclic) bond motifs is 1. The average Bonchev–Trinajstić information content (AvgIpc) is 2.69. The third kappa shape index (κ3) is 3.81. The summed E-state index contributed by atoms with van der Waals surface area (Å²) in [6, 6.07) is 1.82. The van der Waals surface area contributed by atoms with Crippen LogP contribution in [-0.2, 0) is 22.2 Å². The van der Waals surface area contributed by atoms with Gasteiger partial charge in [-0.15, -0.1) is 0 Å². The van der Waals surface area contributed by atoms with Crippen molar-refractivity contribution in [3.05, 3.63) is 32.8 Å². The summed E-state index contributed by atoms with van der Waals surface area (Å²) >= 11 is 6.55. The molecule has 1 amide bonds. The number of pyridine rings is 2. The van der Waals surface area contributed by atoms with Gasteiger partial charge in [0, 0.05) is 52.1 Å². The van der Waals surface area contributed by atoms with Crippen LogP contribution in [0.25, 0.3) is 10.9 Å². The van der Waals surface area contributed by atoms with E-state index >= 15 is 0 Å². The van der Waals surface area contributed by atoms with Crippen molar-refractivity contribution in [3.63, 3.8) is 0 Å². The van der Waals surface area contributed by atoms with Crippen LogP contribution in [0.2, 0.25) is 5.15 Å². The first-order chi connectivity index (χ1) is 14.8. The molecule has 0 aliphatic carbocycles. The van der Waals surface area contributed by atoms with Crippen LogP contribution in [0, 0.1) is 6.92 Å². The van der Waals surface area contributed by atoms with Gasteiger partial charge in [0.05, 0.1) is 16.8 Å². The Bertz CT molecular complexity index is 1070. The lowest BCUT2D eigenvalue weighted by Gasteiger charge is -2.41. The van der Waals surface area contributed by atoms with Crippen molar-refractivity contribution in [2.75, 3.05) is 32.8 Å². The fourth-order valence-corrected chi connectivity index (χ4v) is 4.80. The first kappa shape index (κ1) is 22.0. The number of nitrogens with zero attached hydrogens (tertiary/aromatic N) is 3. The van der Waals surface area contributed by atoms with Gasteiger partial charge in [0.15, 0.2) is 5.75 Å². The smallest absolute Gasteiger partial charge is 0.257 e. The van der Waals surface area contributed by atoms with Gasteiger partial charge in [-0.05, 0) is 32.8 Å². The van der Waals surface area contributed by atoms with Gasteiger partial charge in [0.1, 0.15) is 16.9 Å². The minimum atomic E-state index is -0.767. The van der Waals surface area contributed by atoms with E-state index in [1.165, 1.54) is 0 Å². The Morgan fingerprint density at radius 2 is 2.03 bits per heavy atom. The summed E-state index contributed by atoms with van der Waals surface area (Å²) in [5.41, 5.74) is 0.941. The SMILES string of the molecule is CCOC1(c2cc3c(Cl)nc(C)c(OC4CNC4)c3n(C)c2=O)CCN(C(C)=O)CC1. The Balaban J connectivity index is 1.86. The highest BCUT2D eigenvalue weighted by Gasteiger charge is 2.40. The van der Waals surface area contributed by atoms with Crippen molar-refractivity contribution in [3.8, 4) is 5.75 Å². The number of hydrogen-bond donors (Lipinski definition) is 1. The number of amides is 1. The van der Waals surface area contributed by atoms with Gasteiger partial charge in [-0.2, -0.15) is 0 Å². The standard InChI is InChI=1S/C22H29ClN4O4/c1-5-30-22(6-8-27(9-7-22)14(3)28)17-10-16-18(26(4)21(17)29)19(13(2)25-20(16)23)31-15-11-24-12-15/h10,15,24H,5-9,11-12H2,1-4H3. The summed E-state index contributed by atoms with van der Waals surface area (Å²) in [6.07, 6.45) is 1.15. The van der Waals surface area contributed by atoms with Crippen molar-refractivity contribution >= 4 is 28.4 Å². The maximum Gasteiger partial charge on any atom is 0.257 e. The lowest BCUT2D eigenvalue weighted by Crippen LogP contribution is -2.50. The van der Waals surface area contributed by atoms with E-state index in [1.54, 1.807) is 23.4 Å². The minimum absolute atomic E-state index is 0.0338. The van der Waals surface area contributed by atoms with Crippen LogP contribution < -0.4 is 15.6 Å². The van der Waals surface area contributed by atoms with Crippen LogP contribution in [-0.4, -0.2) is 59.2 Å². The Morgan fingerprint density at radius 1 is 1.35 bits per heavy atom. The molecule has 31 heavy (non-hydrogen) atoms. The predicted molar refractivity (Wildman–Crippen MR) is 119 cm³/mol. The number of carbonyl (C=O) groups excluding carboxylic acids is 1. The summed E-state index contributed by atoms with van der Waals surface area (Å²) in [4.78, 5) is 31.7. The van der Waals surface area contributed by atoms with E-state index in [4.69, 9.17) is 21.1 Å². The lowest BCUT2D eigenvalue weighted by molar-refractivity contribution is -0.136. The second kappa shape index (κ2) is 8.41. The molecule has 0 saturated carbocycles. The molecule has 168 valence electrons. The number of halogens is 1. The monoisotopic (exact) mass is 448 g/mol. The van der Waals surface area contributed by atoms with Crippen LogP contribution in [0.3, 0.4) is 0 Å². The molecular formula is C22H29ClN4O4. The van der Waals surface area contributed by atoms with Crippen molar-refractivity contribution < 1.29 is 14.3 Å². The molecule has 4 rings (SSSR count). The molecule has 2 aromatic heterocycles. The number of hydrogen-bond acceptors (Lipinski definition) is 6. The van der Waals surface area contributed by atoms with Gasteiger partial charge in [-0.1, -0.05) is 11.6 Å². The van der Waals surface area contributed by atoms with Gasteiger partial charge in [0.2, 0.25) is 5.91 Å². The largest absolute Gasteiger partial charge is 0.484 e. The van der Waals surface area contributed by atoms with Gasteiger partial charge in [-0.25, -0.2) is 4.98 Å². The first-order valence-electron chi connectivity index (χ1n) is 10.7. The van der Waals surface area contributed by atoms with Crippen LogP contribution in [0.4, 0.5) is 0 Å². The van der Waals surface area contributed by atoms with E-state index in [0.717, 1.165) is 13.1 Å². The second-order valence-corrected chi connectivity index (χ2v) is 8.69. The van der Waals surface area contributed by atoms with Crippen molar-refractivity contribution in [1.82, 2.24) is 19.8 Å². The molecule has 0 radical (unpaired) electrons. The quantitative estimate of drug-likeness (QED) is 0.705. The molecular weight excluding hydrogens is 420 g/mol. The molecule has 2 fully saturated rings. The molecule has 0 bridgehead atoms. The van der Waals surface area contributed by atoms with Gasteiger partial charge < -0.3 is 24.3 Å². The highest BCUT2D eigenvalue weighted by molar-refractivity contribution is 6.34. The molecule has 2 saturated heterocycles. The highest BCUT2D eigenvalue weighted by Crippen LogP contribution is 2.39. The van der Waals surface area contributed by atoms with Crippen molar-refractivity contribution in [2.45, 2.75) is 45.3 Å². The van der Waals surface area contributed by atoms with Crippen LogP contribution in [0.15, 0.2) is 10.9 Å². The van der Waals surface area contributed by atoms with E-state index < -0.39 is 5.60 Å². The molecule has 2 aromatic rings. The Morgan fingerprint density at radius 3 is 2.58 bits per heavy atom. The zero-order valence-electron chi connectivity index (χ0n) is 18.5. The Kier molecular flexibility index (Phi) is 5.98. The van der Waals surface area contributed by atoms with Crippen LogP contribution in [0.5, 0.6) is 5.75 Å². The molecule has 0 aromatic carbocycles. The second-order valence-electron chi connectivity index (χ2n) is 8.33. The summed E-state index contributed by atoms with van der Waals surface area (Å²) in [7, 11) is 1.74. The van der Waals surface area contributed by atoms with Gasteiger partial charge in [0.25, 0.3) is 5.56 Å². The molecule has 0 atom stereocenters. The fourth-order valence-electron chi connectivity index (χ4n) is 4.53. The number of ether oxygens (including phenoxy) is 2. The Hall–Kier alpha value is -2.16. The zero-order chi connectivity index (χ0) is 22.3. The fraction of sp³-hybridized carbons (Fsp3) is 0.591. The van der Waals surface area contributed by atoms with E-state index in [-0.39, 0.29) is 17.6 Å². The number of likely N-dealkylation sites (tertiary alicyclic amines) is 1. The van der Waals surface area contributed by atoms with Crippen LogP contribution in [0.1, 0.15) is 37.9 Å². The summed E-state index contributed by atoms with van der Waals surface area (Å²) < 4.78 is 14.0. The number of nitrogens with one attached hydrogen (secondary N) is 1. The molecule has 0 spiro atoms. The number of aryl methyl sites for hydroxylation is 2. The molecule has 4 heterocycles. The molecule has 1 N–H and O–H groups in total. The molecule has 2 aliphatic rings. The third-order valence-corrected chi connectivity index (χ3v) is 6.69. The number of rotatable bonds is 5. The van der Waals surface area contributed by atoms with E-state index in [9.17, 15) is 9.59 Å². The maximum atomic E-state index is 13.6. The van der Waals surface area contributed by atoms with E-state index in [0.29, 0.717) is 65.6 Å². The normalized spacial score (nSPS) is 18.8.